The van der Waals surface area contributed by atoms with Gasteiger partial charge in [-0.15, -0.1) is 0 Å². The summed E-state index contributed by atoms with van der Waals surface area (Å²) in [6.45, 7) is 8.38. The van der Waals surface area contributed by atoms with Crippen LogP contribution in [0.4, 0.5) is 4.79 Å². The molecule has 0 saturated carbocycles. The van der Waals surface area contributed by atoms with Crippen LogP contribution >= 0.6 is 0 Å². The maximum Gasteiger partial charge on any atom is 0.408 e. The summed E-state index contributed by atoms with van der Waals surface area (Å²) >= 11 is 0. The Morgan fingerprint density at radius 2 is 1.81 bits per heavy atom. The highest BCUT2D eigenvalue weighted by Gasteiger charge is 2.24. The molecule has 0 aromatic heterocycles. The van der Waals surface area contributed by atoms with Crippen LogP contribution < -0.4 is 21.8 Å². The second-order valence-electron chi connectivity index (χ2n) is 7.51. The maximum absolute atomic E-state index is 12.4. The van der Waals surface area contributed by atoms with Crippen molar-refractivity contribution in [3.05, 3.63) is 0 Å². The molecule has 0 heterocycles. The number of nitrogens with one attached hydrogen (secondary N) is 3. The van der Waals surface area contributed by atoms with E-state index in [0.29, 0.717) is 19.4 Å². The van der Waals surface area contributed by atoms with Crippen molar-refractivity contribution in [2.24, 2.45) is 5.73 Å². The quantitative estimate of drug-likeness (QED) is 0.291. The molecule has 0 aliphatic carbocycles. The van der Waals surface area contributed by atoms with Crippen molar-refractivity contribution in [1.29, 1.82) is 0 Å². The number of hydrazine groups is 1. The summed E-state index contributed by atoms with van der Waals surface area (Å²) in [4.78, 5) is 36.3. The Hall–Kier alpha value is -1.87. The maximum atomic E-state index is 12.4. The highest BCUT2D eigenvalue weighted by atomic mass is 16.6. The zero-order valence-electron chi connectivity index (χ0n) is 17.4. The van der Waals surface area contributed by atoms with Crippen molar-refractivity contribution in [2.45, 2.75) is 71.4 Å². The lowest BCUT2D eigenvalue weighted by Crippen LogP contribution is -2.51. The fourth-order valence-corrected chi connectivity index (χ4v) is 2.21. The standard InChI is InChI=1S/C18H37N5O4/c1-6-7-12-23(5)22-15(24)13-20-16(25)14(10-8-9-11-19)21-17(26)27-18(2,3)4/h14H,6-13,19H2,1-5H3,(H,20,25)(H,21,26)(H,22,24)/t14-/m0/s1. The van der Waals surface area contributed by atoms with Crippen LogP contribution in [-0.4, -0.2) is 61.2 Å². The SMILES string of the molecule is CCCCN(C)NC(=O)CNC(=O)[C@H](CCCCN)NC(=O)OC(C)(C)C. The van der Waals surface area contributed by atoms with Crippen molar-refractivity contribution < 1.29 is 19.1 Å². The number of amides is 3. The molecule has 0 spiro atoms. The molecule has 5 N–H and O–H groups in total. The normalized spacial score (nSPS) is 12.4. The minimum atomic E-state index is -0.781. The van der Waals surface area contributed by atoms with Gasteiger partial charge in [-0.25, -0.2) is 9.80 Å². The lowest BCUT2D eigenvalue weighted by Gasteiger charge is -2.23. The molecule has 0 aliphatic rings. The van der Waals surface area contributed by atoms with E-state index < -0.39 is 23.6 Å². The molecular formula is C18H37N5O4. The molecule has 0 aromatic carbocycles. The Labute approximate surface area is 162 Å². The summed E-state index contributed by atoms with van der Waals surface area (Å²) in [6.07, 6.45) is 3.16. The molecule has 9 heteroatoms. The van der Waals surface area contributed by atoms with Crippen LogP contribution in [-0.2, 0) is 14.3 Å². The zero-order valence-corrected chi connectivity index (χ0v) is 17.4. The number of alkyl carbamates (subject to hydrolysis) is 1. The first-order valence-electron chi connectivity index (χ1n) is 9.57. The van der Waals surface area contributed by atoms with Crippen molar-refractivity contribution in [3.63, 3.8) is 0 Å². The van der Waals surface area contributed by atoms with Crippen LogP contribution in [0, 0.1) is 0 Å². The summed E-state index contributed by atoms with van der Waals surface area (Å²) in [6, 6.07) is -0.781. The fraction of sp³-hybridized carbons (Fsp3) is 0.833. The Morgan fingerprint density at radius 3 is 2.37 bits per heavy atom. The summed E-state index contributed by atoms with van der Waals surface area (Å²) in [5.74, 6) is -0.746. The molecule has 158 valence electrons. The van der Waals surface area contributed by atoms with E-state index in [1.54, 1.807) is 32.8 Å². The molecule has 0 bridgehead atoms. The third-order valence-corrected chi connectivity index (χ3v) is 3.54. The number of nitrogens with two attached hydrogens (primary N) is 1. The van der Waals surface area contributed by atoms with Crippen LogP contribution in [0.25, 0.3) is 0 Å². The van der Waals surface area contributed by atoms with Gasteiger partial charge >= 0.3 is 6.09 Å². The Bertz CT molecular complexity index is 465. The van der Waals surface area contributed by atoms with Crippen LogP contribution in [0.1, 0.15) is 59.8 Å². The number of carbonyl (C=O) groups is 3. The number of nitrogens with zero attached hydrogens (tertiary/aromatic N) is 1. The van der Waals surface area contributed by atoms with E-state index in [1.807, 2.05) is 0 Å². The molecule has 0 radical (unpaired) electrons. The Balaban J connectivity index is 4.56. The molecule has 0 fully saturated rings. The largest absolute Gasteiger partial charge is 0.444 e. The Kier molecular flexibility index (Phi) is 12.4. The monoisotopic (exact) mass is 387 g/mol. The highest BCUT2D eigenvalue weighted by Crippen LogP contribution is 2.08. The van der Waals surface area contributed by atoms with E-state index in [2.05, 4.69) is 23.0 Å². The average molecular weight is 388 g/mol. The van der Waals surface area contributed by atoms with Gasteiger partial charge in [-0.05, 0) is 53.0 Å². The summed E-state index contributed by atoms with van der Waals surface area (Å²) in [5.41, 5.74) is 7.51. The number of unbranched alkanes of at least 4 members (excludes halogenated alkanes) is 2. The van der Waals surface area contributed by atoms with E-state index in [-0.39, 0.29) is 12.5 Å². The summed E-state index contributed by atoms with van der Waals surface area (Å²) in [5, 5.41) is 6.82. The fourth-order valence-electron chi connectivity index (χ4n) is 2.21. The van der Waals surface area contributed by atoms with Crippen molar-refractivity contribution in [3.8, 4) is 0 Å². The molecule has 0 rings (SSSR count). The first-order valence-corrected chi connectivity index (χ1v) is 9.57. The van der Waals surface area contributed by atoms with Gasteiger partial charge in [0.2, 0.25) is 5.91 Å². The van der Waals surface area contributed by atoms with E-state index >= 15 is 0 Å². The average Bonchev–Trinajstić information content (AvgIpc) is 2.55. The van der Waals surface area contributed by atoms with Gasteiger partial charge in [-0.2, -0.15) is 0 Å². The van der Waals surface area contributed by atoms with Crippen LogP contribution in [0.3, 0.4) is 0 Å². The Morgan fingerprint density at radius 1 is 1.15 bits per heavy atom. The van der Waals surface area contributed by atoms with Crippen molar-refractivity contribution >= 4 is 17.9 Å². The van der Waals surface area contributed by atoms with Gasteiger partial charge in [0.05, 0.1) is 6.54 Å². The number of hydrogen-bond donors (Lipinski definition) is 4. The molecule has 27 heavy (non-hydrogen) atoms. The van der Waals surface area contributed by atoms with Gasteiger partial charge in [0, 0.05) is 13.6 Å². The van der Waals surface area contributed by atoms with Gasteiger partial charge in [-0.3, -0.25) is 15.0 Å². The minimum Gasteiger partial charge on any atom is -0.444 e. The smallest absolute Gasteiger partial charge is 0.408 e. The van der Waals surface area contributed by atoms with Gasteiger partial charge in [0.25, 0.3) is 5.91 Å². The lowest BCUT2D eigenvalue weighted by atomic mass is 10.1. The molecule has 3 amide bonds. The van der Waals surface area contributed by atoms with Gasteiger partial charge < -0.3 is 21.1 Å². The number of carbonyl (C=O) groups excluding carboxylic acids is 3. The minimum absolute atomic E-state index is 0.168. The van der Waals surface area contributed by atoms with Crippen LogP contribution in [0.15, 0.2) is 0 Å². The summed E-state index contributed by atoms with van der Waals surface area (Å²) in [7, 11) is 1.77. The second-order valence-corrected chi connectivity index (χ2v) is 7.51. The van der Waals surface area contributed by atoms with Crippen LogP contribution in [0.2, 0.25) is 0 Å². The van der Waals surface area contributed by atoms with E-state index in [0.717, 1.165) is 25.8 Å². The second kappa shape index (κ2) is 13.3. The molecule has 9 nitrogen and oxygen atoms in total. The van der Waals surface area contributed by atoms with E-state index in [1.165, 1.54) is 0 Å². The summed E-state index contributed by atoms with van der Waals surface area (Å²) < 4.78 is 5.20. The molecule has 0 aliphatic heterocycles. The first-order chi connectivity index (χ1) is 12.6. The van der Waals surface area contributed by atoms with Gasteiger partial charge in [-0.1, -0.05) is 13.3 Å². The van der Waals surface area contributed by atoms with Crippen LogP contribution in [0.5, 0.6) is 0 Å². The third kappa shape index (κ3) is 13.9. The zero-order chi connectivity index (χ0) is 20.9. The lowest BCUT2D eigenvalue weighted by molar-refractivity contribution is -0.129. The number of hydrogen-bond acceptors (Lipinski definition) is 6. The topological polar surface area (TPSA) is 126 Å². The number of rotatable bonds is 12. The predicted octanol–water partition coefficient (Wildman–Crippen LogP) is 0.888. The van der Waals surface area contributed by atoms with Gasteiger partial charge in [0.15, 0.2) is 0 Å². The predicted molar refractivity (Wildman–Crippen MR) is 105 cm³/mol. The number of ether oxygens (including phenoxy) is 1. The molecular weight excluding hydrogens is 350 g/mol. The molecule has 1 atom stereocenters. The van der Waals surface area contributed by atoms with Gasteiger partial charge in [0.1, 0.15) is 11.6 Å². The van der Waals surface area contributed by atoms with E-state index in [9.17, 15) is 14.4 Å². The first kappa shape index (κ1) is 25.1. The third-order valence-electron chi connectivity index (χ3n) is 3.54. The molecule has 0 saturated heterocycles. The molecule has 0 aromatic rings. The van der Waals surface area contributed by atoms with E-state index in [4.69, 9.17) is 10.5 Å². The highest BCUT2D eigenvalue weighted by molar-refractivity contribution is 5.89. The van der Waals surface area contributed by atoms with Crippen molar-refractivity contribution in [2.75, 3.05) is 26.7 Å². The van der Waals surface area contributed by atoms with Crippen molar-refractivity contribution in [1.82, 2.24) is 21.1 Å². The molecule has 0 unspecified atom stereocenters.